The third kappa shape index (κ3) is 2.55. The zero-order valence-corrected chi connectivity index (χ0v) is 14.1. The fourth-order valence-corrected chi connectivity index (χ4v) is 3.37. The molecule has 5 heteroatoms. The van der Waals surface area contributed by atoms with Gasteiger partial charge in [-0.1, -0.05) is 12.1 Å². The van der Waals surface area contributed by atoms with Gasteiger partial charge in [-0.05, 0) is 23.8 Å². The molecule has 126 valence electrons. The molecule has 0 spiro atoms. The maximum atomic E-state index is 10.5. The summed E-state index contributed by atoms with van der Waals surface area (Å²) in [6.45, 7) is 1.92. The van der Waals surface area contributed by atoms with Crippen LogP contribution in [0.15, 0.2) is 36.4 Å². The lowest BCUT2D eigenvalue weighted by Crippen LogP contribution is -2.38. The lowest BCUT2D eigenvalue weighted by Gasteiger charge is -2.36. The summed E-state index contributed by atoms with van der Waals surface area (Å²) in [5.74, 6) is 0.861. The number of aliphatic hydroxyl groups is 1. The molecule has 24 heavy (non-hydrogen) atoms. The van der Waals surface area contributed by atoms with Gasteiger partial charge in [0.05, 0.1) is 0 Å². The Balaban J connectivity index is 1.78. The average molecular weight is 327 g/mol. The Kier molecular flexibility index (Phi) is 3.35. The molecule has 0 radical (unpaired) electrons. The largest absolute Gasteiger partial charge is 0.462 e. The second-order valence-corrected chi connectivity index (χ2v) is 6.76. The summed E-state index contributed by atoms with van der Waals surface area (Å²) in [6.07, 6.45) is 0.487. The van der Waals surface area contributed by atoms with Crippen molar-refractivity contribution in [1.29, 1.82) is 0 Å². The molecule has 2 aromatic carbocycles. The molecule has 0 saturated heterocycles. The first-order chi connectivity index (χ1) is 11.4. The van der Waals surface area contributed by atoms with Crippen LogP contribution < -0.4 is 19.1 Å². The smallest absolute Gasteiger partial charge is 0.231 e. The molecule has 4 rings (SSSR count). The summed E-state index contributed by atoms with van der Waals surface area (Å²) >= 11 is 0. The molecule has 0 fully saturated rings. The Morgan fingerprint density at radius 2 is 1.71 bits per heavy atom. The Labute approximate surface area is 141 Å². The van der Waals surface area contributed by atoms with E-state index < -0.39 is 5.79 Å². The molecular weight excluding hydrogens is 306 g/mol. The Bertz CT molecular complexity index is 768. The van der Waals surface area contributed by atoms with Crippen molar-refractivity contribution in [3.8, 4) is 17.2 Å². The van der Waals surface area contributed by atoms with Crippen LogP contribution in [0.3, 0.4) is 0 Å². The number of nitrogens with zero attached hydrogens (tertiary/aromatic N) is 1. The SMILES string of the molecule is CN(C)c1ccc([C@H]2C[C@@](C)(O)Oc3cc4c(cc32)OCO4)cc1. The molecule has 2 heterocycles. The van der Waals surface area contributed by atoms with E-state index in [-0.39, 0.29) is 12.7 Å². The van der Waals surface area contributed by atoms with Gasteiger partial charge < -0.3 is 24.2 Å². The normalized spacial score (nSPS) is 24.2. The van der Waals surface area contributed by atoms with Gasteiger partial charge in [-0.15, -0.1) is 0 Å². The van der Waals surface area contributed by atoms with Crippen molar-refractivity contribution in [3.05, 3.63) is 47.5 Å². The van der Waals surface area contributed by atoms with Crippen molar-refractivity contribution < 1.29 is 19.3 Å². The maximum absolute atomic E-state index is 10.5. The van der Waals surface area contributed by atoms with Crippen LogP contribution in [0, 0.1) is 0 Å². The number of fused-ring (bicyclic) bond motifs is 2. The predicted octanol–water partition coefficient (Wildman–Crippen LogP) is 3.10. The quantitative estimate of drug-likeness (QED) is 0.918. The summed E-state index contributed by atoms with van der Waals surface area (Å²) < 4.78 is 16.7. The van der Waals surface area contributed by atoms with Crippen molar-refractivity contribution in [2.45, 2.75) is 25.0 Å². The van der Waals surface area contributed by atoms with Crippen LogP contribution >= 0.6 is 0 Å². The van der Waals surface area contributed by atoms with Crippen LogP contribution in [0.2, 0.25) is 0 Å². The van der Waals surface area contributed by atoms with E-state index in [9.17, 15) is 5.11 Å². The lowest BCUT2D eigenvalue weighted by molar-refractivity contribution is -0.137. The number of ether oxygens (including phenoxy) is 3. The van der Waals surface area contributed by atoms with Gasteiger partial charge in [-0.2, -0.15) is 0 Å². The van der Waals surface area contributed by atoms with Gasteiger partial charge in [0.1, 0.15) is 5.75 Å². The molecule has 2 aromatic rings. The van der Waals surface area contributed by atoms with Gasteiger partial charge in [-0.3, -0.25) is 0 Å². The second-order valence-electron chi connectivity index (χ2n) is 6.76. The highest BCUT2D eigenvalue weighted by Crippen LogP contribution is 2.48. The first-order valence-corrected chi connectivity index (χ1v) is 8.05. The minimum absolute atomic E-state index is 0.0365. The van der Waals surface area contributed by atoms with E-state index in [2.05, 4.69) is 29.2 Å². The summed E-state index contributed by atoms with van der Waals surface area (Å²) in [4.78, 5) is 2.07. The molecule has 1 N–H and O–H groups in total. The zero-order chi connectivity index (χ0) is 16.9. The molecule has 2 atom stereocenters. The van der Waals surface area contributed by atoms with Crippen LogP contribution in [0.4, 0.5) is 5.69 Å². The first-order valence-electron chi connectivity index (χ1n) is 8.05. The molecule has 5 nitrogen and oxygen atoms in total. The molecule has 0 aromatic heterocycles. The van der Waals surface area contributed by atoms with E-state index in [1.807, 2.05) is 26.2 Å². The predicted molar refractivity (Wildman–Crippen MR) is 91.0 cm³/mol. The van der Waals surface area contributed by atoms with Crippen LogP contribution in [0.1, 0.15) is 30.4 Å². The highest BCUT2D eigenvalue weighted by atomic mass is 16.7. The van der Waals surface area contributed by atoms with Gasteiger partial charge in [-0.25, -0.2) is 0 Å². The summed E-state index contributed by atoms with van der Waals surface area (Å²) in [7, 11) is 4.04. The van der Waals surface area contributed by atoms with Crippen molar-refractivity contribution in [2.24, 2.45) is 0 Å². The van der Waals surface area contributed by atoms with Gasteiger partial charge in [0.15, 0.2) is 11.5 Å². The average Bonchev–Trinajstić information content (AvgIpc) is 2.98. The van der Waals surface area contributed by atoms with Gasteiger partial charge >= 0.3 is 0 Å². The zero-order valence-electron chi connectivity index (χ0n) is 14.1. The fourth-order valence-electron chi connectivity index (χ4n) is 3.37. The fraction of sp³-hybridized carbons (Fsp3) is 0.368. The summed E-state index contributed by atoms with van der Waals surface area (Å²) in [6, 6.07) is 12.2. The van der Waals surface area contributed by atoms with E-state index >= 15 is 0 Å². The maximum Gasteiger partial charge on any atom is 0.231 e. The van der Waals surface area contributed by atoms with E-state index in [0.717, 1.165) is 22.6 Å². The molecule has 2 aliphatic rings. The summed E-state index contributed by atoms with van der Waals surface area (Å²) in [5.41, 5.74) is 3.30. The monoisotopic (exact) mass is 327 g/mol. The van der Waals surface area contributed by atoms with Gasteiger partial charge in [0.2, 0.25) is 12.6 Å². The second kappa shape index (κ2) is 5.31. The Morgan fingerprint density at radius 1 is 1.04 bits per heavy atom. The van der Waals surface area contributed by atoms with Crippen LogP contribution in [-0.4, -0.2) is 31.8 Å². The summed E-state index contributed by atoms with van der Waals surface area (Å²) in [5, 5.41) is 10.5. The van der Waals surface area contributed by atoms with Crippen molar-refractivity contribution in [2.75, 3.05) is 25.8 Å². The number of rotatable bonds is 2. The van der Waals surface area contributed by atoms with Gasteiger partial charge in [0.25, 0.3) is 0 Å². The lowest BCUT2D eigenvalue weighted by atomic mass is 9.83. The van der Waals surface area contributed by atoms with Crippen molar-refractivity contribution in [3.63, 3.8) is 0 Å². The minimum Gasteiger partial charge on any atom is -0.462 e. The van der Waals surface area contributed by atoms with E-state index in [0.29, 0.717) is 17.9 Å². The molecule has 0 amide bonds. The van der Waals surface area contributed by atoms with Crippen LogP contribution in [0.5, 0.6) is 17.2 Å². The number of hydrogen-bond donors (Lipinski definition) is 1. The van der Waals surface area contributed by atoms with Crippen molar-refractivity contribution in [1.82, 2.24) is 0 Å². The van der Waals surface area contributed by atoms with Crippen molar-refractivity contribution >= 4 is 5.69 Å². The topological polar surface area (TPSA) is 51.2 Å². The van der Waals surface area contributed by atoms with E-state index in [1.165, 1.54) is 0 Å². The Morgan fingerprint density at radius 3 is 2.38 bits per heavy atom. The number of benzene rings is 2. The van der Waals surface area contributed by atoms with E-state index in [4.69, 9.17) is 14.2 Å². The molecule has 0 unspecified atom stereocenters. The Hall–Kier alpha value is -2.40. The first kappa shape index (κ1) is 15.1. The molecule has 2 aliphatic heterocycles. The molecule has 0 saturated carbocycles. The van der Waals surface area contributed by atoms with Crippen LogP contribution in [-0.2, 0) is 0 Å². The number of hydrogen-bond acceptors (Lipinski definition) is 5. The molecule has 0 aliphatic carbocycles. The highest BCUT2D eigenvalue weighted by Gasteiger charge is 2.38. The minimum atomic E-state index is -1.22. The van der Waals surface area contributed by atoms with E-state index in [1.54, 1.807) is 6.92 Å². The van der Waals surface area contributed by atoms with Crippen LogP contribution in [0.25, 0.3) is 0 Å². The molecule has 0 bridgehead atoms. The standard InChI is InChI=1S/C19H21NO4/c1-19(21)10-15(12-4-6-13(7-5-12)20(2)3)14-8-17-18(23-11-22-17)9-16(14)24-19/h4-9,15,21H,10-11H2,1-3H3/t15-,19+/m1/s1. The highest BCUT2D eigenvalue weighted by molar-refractivity contribution is 5.57. The van der Waals surface area contributed by atoms with Gasteiger partial charge in [0, 0.05) is 50.7 Å². The number of anilines is 1. The molecular formula is C19H21NO4. The third-order valence-corrected chi connectivity index (χ3v) is 4.60. The third-order valence-electron chi connectivity index (χ3n) is 4.60.